The Morgan fingerprint density at radius 3 is 2.50 bits per heavy atom. The Balaban J connectivity index is 2.66. The molecule has 4 nitrogen and oxygen atoms in total. The molecule has 0 fully saturated rings. The average molecular weight is 276 g/mol. The highest BCUT2D eigenvalue weighted by atomic mass is 35.5. The largest absolute Gasteiger partial charge is 0.388 e. The van der Waals surface area contributed by atoms with Crippen molar-refractivity contribution in [2.75, 3.05) is 0 Å². The highest BCUT2D eigenvalue weighted by Gasteiger charge is 2.08. The fourth-order valence-corrected chi connectivity index (χ4v) is 2.14. The van der Waals surface area contributed by atoms with Crippen molar-refractivity contribution in [2.24, 2.45) is 0 Å². The van der Waals surface area contributed by atoms with Crippen molar-refractivity contribution in [3.8, 4) is 5.69 Å². The van der Waals surface area contributed by atoms with Gasteiger partial charge in [-0.15, -0.1) is 0 Å². The Labute approximate surface area is 106 Å². The Morgan fingerprint density at radius 1 is 1.31 bits per heavy atom. The zero-order valence-corrected chi connectivity index (χ0v) is 10.3. The van der Waals surface area contributed by atoms with Crippen molar-refractivity contribution >= 4 is 35.4 Å². The molecule has 0 bridgehead atoms. The maximum absolute atomic E-state index is 9.12. The topological polar surface area (TPSA) is 53.8 Å². The van der Waals surface area contributed by atoms with E-state index in [9.17, 15) is 0 Å². The zero-order chi connectivity index (χ0) is 11.7. The Hall–Kier alpha value is -0.880. The number of hydrogen-bond donors (Lipinski definition) is 2. The summed E-state index contributed by atoms with van der Waals surface area (Å²) < 4.78 is 1.95. The van der Waals surface area contributed by atoms with Crippen LogP contribution in [0.15, 0.2) is 18.2 Å². The van der Waals surface area contributed by atoms with Gasteiger partial charge in [0.15, 0.2) is 10.6 Å². The van der Waals surface area contributed by atoms with Crippen LogP contribution in [0.2, 0.25) is 10.0 Å². The van der Waals surface area contributed by atoms with E-state index in [1.807, 2.05) is 0 Å². The third kappa shape index (κ3) is 2.12. The second-order valence-electron chi connectivity index (χ2n) is 3.07. The molecule has 0 atom stereocenters. The third-order valence-corrected chi connectivity index (χ3v) is 2.70. The second kappa shape index (κ2) is 4.55. The highest BCUT2D eigenvalue weighted by molar-refractivity contribution is 7.71. The van der Waals surface area contributed by atoms with Gasteiger partial charge < -0.3 is 5.11 Å². The highest BCUT2D eigenvalue weighted by Crippen LogP contribution is 2.22. The van der Waals surface area contributed by atoms with E-state index in [1.54, 1.807) is 22.8 Å². The van der Waals surface area contributed by atoms with E-state index in [-0.39, 0.29) is 6.61 Å². The van der Waals surface area contributed by atoms with E-state index in [0.29, 0.717) is 26.3 Å². The minimum atomic E-state index is -0.225. The molecule has 84 valence electrons. The fraction of sp³-hybridized carbons (Fsp3) is 0.111. The average Bonchev–Trinajstić information content (AvgIpc) is 2.58. The summed E-state index contributed by atoms with van der Waals surface area (Å²) >= 11 is 16.8. The number of aliphatic hydroxyl groups excluding tert-OH is 1. The van der Waals surface area contributed by atoms with Gasteiger partial charge in [-0.2, -0.15) is 5.10 Å². The molecule has 1 aromatic heterocycles. The fourth-order valence-electron chi connectivity index (χ4n) is 1.37. The van der Waals surface area contributed by atoms with Crippen LogP contribution < -0.4 is 0 Å². The molecule has 0 saturated heterocycles. The smallest absolute Gasteiger partial charge is 0.199 e. The molecular weight excluding hydrogens is 269 g/mol. The number of benzene rings is 1. The lowest BCUT2D eigenvalue weighted by molar-refractivity contribution is 0.269. The summed E-state index contributed by atoms with van der Waals surface area (Å²) in [5.74, 6) is 0.406. The van der Waals surface area contributed by atoms with Crippen LogP contribution in [0.5, 0.6) is 0 Å². The van der Waals surface area contributed by atoms with Crippen LogP contribution in [0.3, 0.4) is 0 Å². The molecule has 0 amide bonds. The molecule has 0 saturated carbocycles. The van der Waals surface area contributed by atoms with Crippen LogP contribution in [-0.4, -0.2) is 19.9 Å². The third-order valence-electron chi connectivity index (χ3n) is 1.99. The lowest BCUT2D eigenvalue weighted by Crippen LogP contribution is -2.01. The molecule has 0 spiro atoms. The first-order chi connectivity index (χ1) is 7.61. The molecule has 0 unspecified atom stereocenters. The Morgan fingerprint density at radius 2 is 1.94 bits per heavy atom. The number of nitrogens with one attached hydrogen (secondary N) is 1. The zero-order valence-electron chi connectivity index (χ0n) is 7.94. The van der Waals surface area contributed by atoms with E-state index in [1.165, 1.54) is 0 Å². The predicted octanol–water partition coefficient (Wildman–Crippen LogP) is 2.73. The number of hydrogen-bond acceptors (Lipinski definition) is 3. The predicted molar refractivity (Wildman–Crippen MR) is 64.7 cm³/mol. The van der Waals surface area contributed by atoms with Crippen LogP contribution >= 0.6 is 35.4 Å². The van der Waals surface area contributed by atoms with Gasteiger partial charge in [-0.1, -0.05) is 23.2 Å². The minimum Gasteiger partial charge on any atom is -0.388 e. The number of H-pyrrole nitrogens is 1. The SMILES string of the molecule is OCc1n[nH]c(=S)n1-c1cc(Cl)cc(Cl)c1. The Kier molecular flexibility index (Phi) is 3.30. The molecule has 2 N–H and O–H groups in total. The molecule has 7 heteroatoms. The maximum Gasteiger partial charge on any atom is 0.199 e. The molecule has 0 radical (unpaired) electrons. The summed E-state index contributed by atoms with van der Waals surface area (Å²) in [6.45, 7) is -0.225. The van der Waals surface area contributed by atoms with Crippen molar-refractivity contribution in [2.45, 2.75) is 6.61 Å². The second-order valence-corrected chi connectivity index (χ2v) is 4.33. The summed E-state index contributed by atoms with van der Waals surface area (Å²) in [5, 5.41) is 16.6. The molecule has 0 aliphatic rings. The summed E-state index contributed by atoms with van der Waals surface area (Å²) in [7, 11) is 0. The van der Waals surface area contributed by atoms with E-state index >= 15 is 0 Å². The number of nitrogens with zero attached hydrogens (tertiary/aromatic N) is 2. The quantitative estimate of drug-likeness (QED) is 0.829. The van der Waals surface area contributed by atoms with Crippen molar-refractivity contribution < 1.29 is 5.11 Å². The molecule has 2 rings (SSSR count). The van der Waals surface area contributed by atoms with Crippen LogP contribution in [0.1, 0.15) is 5.82 Å². The normalized spacial score (nSPS) is 10.7. The van der Waals surface area contributed by atoms with Gasteiger partial charge in [0.25, 0.3) is 0 Å². The van der Waals surface area contributed by atoms with Gasteiger partial charge in [-0.3, -0.25) is 9.67 Å². The molecule has 1 aromatic carbocycles. The monoisotopic (exact) mass is 275 g/mol. The maximum atomic E-state index is 9.12. The first-order valence-corrected chi connectivity index (χ1v) is 5.52. The van der Waals surface area contributed by atoms with E-state index in [0.717, 1.165) is 0 Å². The number of aromatic nitrogens is 3. The molecule has 0 aliphatic heterocycles. The van der Waals surface area contributed by atoms with E-state index in [2.05, 4.69) is 10.2 Å². The molecule has 16 heavy (non-hydrogen) atoms. The number of aromatic amines is 1. The first-order valence-electron chi connectivity index (χ1n) is 4.35. The van der Waals surface area contributed by atoms with Gasteiger partial charge in [0, 0.05) is 10.0 Å². The summed E-state index contributed by atoms with van der Waals surface area (Å²) in [4.78, 5) is 0. The number of rotatable bonds is 2. The van der Waals surface area contributed by atoms with Crippen LogP contribution in [0.25, 0.3) is 5.69 Å². The van der Waals surface area contributed by atoms with Crippen molar-refractivity contribution in [3.63, 3.8) is 0 Å². The van der Waals surface area contributed by atoms with Crippen molar-refractivity contribution in [1.29, 1.82) is 0 Å². The van der Waals surface area contributed by atoms with Gasteiger partial charge in [0.2, 0.25) is 0 Å². The van der Waals surface area contributed by atoms with Crippen LogP contribution in [0, 0.1) is 4.77 Å². The lowest BCUT2D eigenvalue weighted by Gasteiger charge is -2.06. The van der Waals surface area contributed by atoms with Crippen LogP contribution in [-0.2, 0) is 6.61 Å². The van der Waals surface area contributed by atoms with Gasteiger partial charge in [-0.05, 0) is 30.4 Å². The molecule has 1 heterocycles. The molecular formula is C9H7Cl2N3OS. The van der Waals surface area contributed by atoms with Gasteiger partial charge >= 0.3 is 0 Å². The van der Waals surface area contributed by atoms with Crippen molar-refractivity contribution in [1.82, 2.24) is 14.8 Å². The molecule has 2 aromatic rings. The van der Waals surface area contributed by atoms with E-state index in [4.69, 9.17) is 40.5 Å². The minimum absolute atomic E-state index is 0.225. The summed E-state index contributed by atoms with van der Waals surface area (Å²) in [6.07, 6.45) is 0. The summed E-state index contributed by atoms with van der Waals surface area (Å²) in [5.41, 5.74) is 0.667. The van der Waals surface area contributed by atoms with E-state index < -0.39 is 0 Å². The van der Waals surface area contributed by atoms with Crippen LogP contribution in [0.4, 0.5) is 0 Å². The van der Waals surface area contributed by atoms with Gasteiger partial charge in [0.1, 0.15) is 6.61 Å². The summed E-state index contributed by atoms with van der Waals surface area (Å²) in [6, 6.07) is 5.00. The van der Waals surface area contributed by atoms with Gasteiger partial charge in [0.05, 0.1) is 5.69 Å². The molecule has 0 aliphatic carbocycles. The Bertz CT molecular complexity index is 558. The van der Waals surface area contributed by atoms with Crippen molar-refractivity contribution in [3.05, 3.63) is 38.8 Å². The standard InChI is InChI=1S/C9H7Cl2N3OS/c10-5-1-6(11)3-7(2-5)14-8(4-15)12-13-9(14)16/h1-3,15H,4H2,(H,13,16). The lowest BCUT2D eigenvalue weighted by atomic mass is 10.3. The number of halogens is 2. The first kappa shape index (κ1) is 11.6. The number of aliphatic hydroxyl groups is 1. The van der Waals surface area contributed by atoms with Gasteiger partial charge in [-0.25, -0.2) is 0 Å².